The molecule has 2 aromatic rings. The van der Waals surface area contributed by atoms with Gasteiger partial charge in [-0.05, 0) is 0 Å². The lowest BCUT2D eigenvalue weighted by Gasteiger charge is -2.16. The highest BCUT2D eigenvalue weighted by Gasteiger charge is 2.42. The topological polar surface area (TPSA) is 105 Å². The van der Waals surface area contributed by atoms with Gasteiger partial charge in [0.15, 0.2) is 17.7 Å². The first kappa shape index (κ1) is 13.6. The Bertz CT molecular complexity index is 621. The zero-order chi connectivity index (χ0) is 14.3. The van der Waals surface area contributed by atoms with Gasteiger partial charge in [-0.2, -0.15) is 12.6 Å². The van der Waals surface area contributed by atoms with Crippen molar-refractivity contribution in [2.24, 2.45) is 0 Å². The normalized spacial score (nSPS) is 30.0. The number of aliphatic hydroxyl groups excluding tert-OH is 2. The molecule has 0 spiro atoms. The molecule has 0 amide bonds. The molecule has 8 nitrogen and oxygen atoms in total. The molecule has 1 fully saturated rings. The number of thiol groups is 1. The van der Waals surface area contributed by atoms with Crippen LogP contribution < -0.4 is 5.32 Å². The van der Waals surface area contributed by atoms with Gasteiger partial charge >= 0.3 is 0 Å². The average Bonchev–Trinajstić information content (AvgIpc) is 3.01. The molecule has 2 aromatic heterocycles. The van der Waals surface area contributed by atoms with Gasteiger partial charge in [0, 0.05) is 7.05 Å². The smallest absolute Gasteiger partial charge is 0.167 e. The molecule has 0 radical (unpaired) electrons. The third-order valence-corrected chi connectivity index (χ3v) is 3.95. The second kappa shape index (κ2) is 5.17. The molecule has 0 aromatic carbocycles. The van der Waals surface area contributed by atoms with Crippen LogP contribution in [0.5, 0.6) is 0 Å². The zero-order valence-electron chi connectivity index (χ0n) is 10.7. The molecule has 4 atom stereocenters. The van der Waals surface area contributed by atoms with Gasteiger partial charge in [-0.3, -0.25) is 4.57 Å². The molecule has 3 heterocycles. The summed E-state index contributed by atoms with van der Waals surface area (Å²) < 4.78 is 7.32. The van der Waals surface area contributed by atoms with E-state index in [0.29, 0.717) is 17.0 Å². The Balaban J connectivity index is 2.03. The summed E-state index contributed by atoms with van der Waals surface area (Å²) in [5.74, 6) is 0.613. The summed E-state index contributed by atoms with van der Waals surface area (Å²) in [6.07, 6.45) is 0.937. The largest absolute Gasteiger partial charge is 0.394 e. The van der Waals surface area contributed by atoms with Crippen molar-refractivity contribution in [2.75, 3.05) is 19.0 Å². The Hall–Kier alpha value is -1.42. The molecule has 3 N–H and O–H groups in total. The lowest BCUT2D eigenvalue weighted by molar-refractivity contribution is -0.0430. The highest BCUT2D eigenvalue weighted by molar-refractivity contribution is 7.81. The number of aliphatic hydroxyl groups is 2. The summed E-state index contributed by atoms with van der Waals surface area (Å²) in [6.45, 7) is -0.266. The number of nitrogens with one attached hydrogen (secondary N) is 1. The van der Waals surface area contributed by atoms with E-state index >= 15 is 0 Å². The van der Waals surface area contributed by atoms with Gasteiger partial charge in [-0.25, -0.2) is 15.0 Å². The molecule has 1 saturated heterocycles. The van der Waals surface area contributed by atoms with Gasteiger partial charge in [-0.15, -0.1) is 0 Å². The molecule has 20 heavy (non-hydrogen) atoms. The molecule has 1 aliphatic heterocycles. The lowest BCUT2D eigenvalue weighted by Crippen LogP contribution is -2.30. The van der Waals surface area contributed by atoms with Crippen molar-refractivity contribution < 1.29 is 14.9 Å². The molecule has 1 aliphatic rings. The number of fused-ring (bicyclic) bond motifs is 1. The van der Waals surface area contributed by atoms with Crippen molar-refractivity contribution in [2.45, 2.75) is 23.7 Å². The van der Waals surface area contributed by atoms with Crippen molar-refractivity contribution in [3.05, 3.63) is 12.7 Å². The van der Waals surface area contributed by atoms with E-state index < -0.39 is 23.7 Å². The fourth-order valence-electron chi connectivity index (χ4n) is 2.33. The number of rotatable bonds is 3. The summed E-state index contributed by atoms with van der Waals surface area (Å²) in [4.78, 5) is 12.5. The summed E-state index contributed by atoms with van der Waals surface area (Å²) in [7, 11) is 1.75. The molecule has 9 heteroatoms. The SMILES string of the molecule is CNc1ncnc2c1ncn2[C@@H]1O[C@H](CO)[C@@H](O)[C@H]1S. The second-order valence-electron chi connectivity index (χ2n) is 4.53. The molecular weight excluding hydrogens is 282 g/mol. The van der Waals surface area contributed by atoms with Crippen molar-refractivity contribution in [3.8, 4) is 0 Å². The monoisotopic (exact) mass is 297 g/mol. The highest BCUT2D eigenvalue weighted by Crippen LogP contribution is 2.34. The zero-order valence-corrected chi connectivity index (χ0v) is 11.6. The van der Waals surface area contributed by atoms with Crippen LogP contribution in [0.1, 0.15) is 6.23 Å². The van der Waals surface area contributed by atoms with Gasteiger partial charge in [-0.1, -0.05) is 0 Å². The van der Waals surface area contributed by atoms with Crippen LogP contribution in [0.25, 0.3) is 11.2 Å². The van der Waals surface area contributed by atoms with Crippen LogP contribution in [0.4, 0.5) is 5.82 Å². The molecular formula is C11H15N5O3S. The van der Waals surface area contributed by atoms with Crippen LogP contribution in [0, 0.1) is 0 Å². The molecule has 108 valence electrons. The van der Waals surface area contributed by atoms with Gasteiger partial charge in [0.05, 0.1) is 24.3 Å². The maximum absolute atomic E-state index is 9.96. The van der Waals surface area contributed by atoms with Gasteiger partial charge in [0.2, 0.25) is 0 Å². The molecule has 0 saturated carbocycles. The van der Waals surface area contributed by atoms with E-state index in [-0.39, 0.29) is 6.61 Å². The van der Waals surface area contributed by atoms with E-state index in [1.807, 2.05) is 0 Å². The van der Waals surface area contributed by atoms with Crippen molar-refractivity contribution in [3.63, 3.8) is 0 Å². The van der Waals surface area contributed by atoms with E-state index in [0.717, 1.165) is 0 Å². The fourth-order valence-corrected chi connectivity index (χ4v) is 2.74. The van der Waals surface area contributed by atoms with Crippen LogP contribution in [0.2, 0.25) is 0 Å². The van der Waals surface area contributed by atoms with E-state index in [4.69, 9.17) is 4.74 Å². The number of aromatic nitrogens is 4. The number of anilines is 1. The Kier molecular flexibility index (Phi) is 3.50. The molecule has 3 rings (SSSR count). The summed E-state index contributed by atoms with van der Waals surface area (Å²) in [5.41, 5.74) is 1.19. The Morgan fingerprint density at radius 3 is 2.90 bits per heavy atom. The summed E-state index contributed by atoms with van der Waals surface area (Å²) in [5, 5.41) is 21.6. The Labute approximate surface area is 120 Å². The first-order chi connectivity index (χ1) is 9.67. The van der Waals surface area contributed by atoms with Crippen LogP contribution in [-0.2, 0) is 4.74 Å². The summed E-state index contributed by atoms with van der Waals surface area (Å²) in [6, 6.07) is 0. The van der Waals surface area contributed by atoms with Crippen molar-refractivity contribution in [1.82, 2.24) is 19.5 Å². The van der Waals surface area contributed by atoms with Crippen LogP contribution >= 0.6 is 12.6 Å². The third-order valence-electron chi connectivity index (χ3n) is 3.39. The highest BCUT2D eigenvalue weighted by atomic mass is 32.1. The minimum Gasteiger partial charge on any atom is -0.394 e. The maximum atomic E-state index is 9.96. The summed E-state index contributed by atoms with van der Waals surface area (Å²) >= 11 is 4.36. The van der Waals surface area contributed by atoms with Crippen molar-refractivity contribution >= 4 is 29.6 Å². The maximum Gasteiger partial charge on any atom is 0.167 e. The average molecular weight is 297 g/mol. The quantitative estimate of drug-likeness (QED) is 0.562. The van der Waals surface area contributed by atoms with E-state index in [2.05, 4.69) is 32.9 Å². The van der Waals surface area contributed by atoms with E-state index in [9.17, 15) is 10.2 Å². The fraction of sp³-hybridized carbons (Fsp3) is 0.545. The lowest BCUT2D eigenvalue weighted by atomic mass is 10.2. The number of ether oxygens (including phenoxy) is 1. The number of nitrogens with zero attached hydrogens (tertiary/aromatic N) is 4. The standard InChI is InChI=1S/C11H15N5O3S/c1-12-9-6-10(14-3-13-9)16(4-15-6)11-8(20)7(18)5(2-17)19-11/h3-5,7-8,11,17-18,20H,2H2,1H3,(H,12,13,14)/t5-,7-,8-,11-/m1/s1. The Morgan fingerprint density at radius 1 is 1.45 bits per heavy atom. The molecule has 0 bridgehead atoms. The minimum atomic E-state index is -0.851. The minimum absolute atomic E-state index is 0.266. The second-order valence-corrected chi connectivity index (χ2v) is 5.12. The Morgan fingerprint density at radius 2 is 2.25 bits per heavy atom. The number of hydrogen-bond donors (Lipinski definition) is 4. The number of hydrogen-bond acceptors (Lipinski definition) is 8. The molecule has 0 unspecified atom stereocenters. The van der Waals surface area contributed by atoms with Crippen LogP contribution in [0.15, 0.2) is 12.7 Å². The predicted molar refractivity (Wildman–Crippen MR) is 74.6 cm³/mol. The predicted octanol–water partition coefficient (Wildman–Crippen LogP) is -0.583. The first-order valence-corrected chi connectivity index (χ1v) is 6.66. The van der Waals surface area contributed by atoms with Crippen molar-refractivity contribution in [1.29, 1.82) is 0 Å². The molecule has 0 aliphatic carbocycles. The van der Waals surface area contributed by atoms with Gasteiger partial charge in [0.25, 0.3) is 0 Å². The number of imidazole rings is 1. The van der Waals surface area contributed by atoms with E-state index in [1.54, 1.807) is 17.9 Å². The third kappa shape index (κ3) is 1.94. The van der Waals surface area contributed by atoms with Crippen LogP contribution in [-0.4, -0.2) is 60.8 Å². The first-order valence-electron chi connectivity index (χ1n) is 6.15. The van der Waals surface area contributed by atoms with E-state index in [1.165, 1.54) is 6.33 Å². The van der Waals surface area contributed by atoms with Gasteiger partial charge in [0.1, 0.15) is 17.9 Å². The van der Waals surface area contributed by atoms with Gasteiger partial charge < -0.3 is 20.3 Å². The van der Waals surface area contributed by atoms with Crippen LogP contribution in [0.3, 0.4) is 0 Å².